The van der Waals surface area contributed by atoms with Gasteiger partial charge < -0.3 is 14.4 Å². The van der Waals surface area contributed by atoms with Gasteiger partial charge in [-0.05, 0) is 22.2 Å². The van der Waals surface area contributed by atoms with Crippen molar-refractivity contribution in [2.75, 3.05) is 31.9 Å². The summed E-state index contributed by atoms with van der Waals surface area (Å²) >= 11 is 0. The molecule has 1 amide bonds. The molecule has 0 N–H and O–H groups in total. The van der Waals surface area contributed by atoms with Crippen molar-refractivity contribution in [2.24, 2.45) is 5.11 Å². The van der Waals surface area contributed by atoms with Crippen LogP contribution in [0.4, 0.5) is 0 Å². The number of benzene rings is 3. The number of ether oxygens (including phenoxy) is 2. The Balaban J connectivity index is 1.74. The van der Waals surface area contributed by atoms with Crippen LogP contribution in [0.15, 0.2) is 107 Å². The molecule has 3 aromatic carbocycles. The predicted molar refractivity (Wildman–Crippen MR) is 155 cm³/mol. The minimum Gasteiger partial charge on any atom is -0.482 e. The highest BCUT2D eigenvalue weighted by molar-refractivity contribution is 5.96. The second-order valence-electron chi connectivity index (χ2n) is 9.52. The number of azide groups is 1. The molecule has 0 saturated carbocycles. The van der Waals surface area contributed by atoms with Crippen molar-refractivity contribution in [2.45, 2.75) is 19.2 Å². The van der Waals surface area contributed by atoms with Crippen molar-refractivity contribution in [3.63, 3.8) is 0 Å². The summed E-state index contributed by atoms with van der Waals surface area (Å²) in [6, 6.07) is 30.3. The first kappa shape index (κ1) is 27.5. The molecule has 0 bridgehead atoms. The Bertz CT molecular complexity index is 1550. The molecule has 0 saturated heterocycles. The van der Waals surface area contributed by atoms with Crippen molar-refractivity contribution in [3.8, 4) is 5.75 Å². The Morgan fingerprint density at radius 1 is 0.927 bits per heavy atom. The van der Waals surface area contributed by atoms with E-state index in [9.17, 15) is 9.59 Å². The molecule has 0 spiro atoms. The Labute approximate surface area is 237 Å². The van der Waals surface area contributed by atoms with Crippen LogP contribution >= 0.6 is 0 Å². The number of carbonyl (C=O) groups is 1. The Morgan fingerprint density at radius 2 is 1.54 bits per heavy atom. The fraction of sp³-hybridized carbons (Fsp3) is 0.226. The first-order valence-electron chi connectivity index (χ1n) is 13.2. The molecule has 0 aliphatic carbocycles. The monoisotopic (exact) mass is 550 g/mol. The van der Waals surface area contributed by atoms with Crippen molar-refractivity contribution in [1.82, 2.24) is 9.58 Å². The normalized spacial score (nSPS) is 12.7. The van der Waals surface area contributed by atoms with E-state index in [0.29, 0.717) is 18.8 Å². The molecule has 0 unspecified atom stereocenters. The SMILES string of the molecule is COCCN1CN(C(c2ccccc2)c2ccccc2)n2c(CN=[N+]=[N-])cc(=O)c(OCc3ccccc3)c2C1=O. The molecule has 2 heterocycles. The molecule has 0 radical (unpaired) electrons. The first-order chi connectivity index (χ1) is 20.1. The molecule has 10 nitrogen and oxygen atoms in total. The Hall–Kier alpha value is -5.05. The topological polar surface area (TPSA) is 113 Å². The van der Waals surface area contributed by atoms with Crippen LogP contribution in [0, 0.1) is 0 Å². The zero-order valence-electron chi connectivity index (χ0n) is 22.7. The lowest BCUT2D eigenvalue weighted by atomic mass is 9.98. The first-order valence-corrected chi connectivity index (χ1v) is 13.2. The largest absolute Gasteiger partial charge is 0.482 e. The summed E-state index contributed by atoms with van der Waals surface area (Å²) < 4.78 is 13.1. The van der Waals surface area contributed by atoms with E-state index in [0.717, 1.165) is 16.7 Å². The fourth-order valence-corrected chi connectivity index (χ4v) is 5.03. The molecule has 0 atom stereocenters. The van der Waals surface area contributed by atoms with Crippen LogP contribution in [0.5, 0.6) is 5.75 Å². The van der Waals surface area contributed by atoms with E-state index in [4.69, 9.17) is 15.0 Å². The number of hydrogen-bond donors (Lipinski definition) is 0. The van der Waals surface area contributed by atoms with Crippen LogP contribution in [-0.4, -0.2) is 42.4 Å². The number of amides is 1. The number of pyridine rings is 1. The number of rotatable bonds is 11. The molecule has 41 heavy (non-hydrogen) atoms. The van der Waals surface area contributed by atoms with Gasteiger partial charge in [-0.2, -0.15) is 0 Å². The standard InChI is InChI=1S/C31H30N6O4/c1-40-18-17-35-22-36(28(24-13-7-3-8-14-24)25-15-9-4-10-16-25)37-26(20-33-34-32)19-27(38)30(29(37)31(35)39)41-21-23-11-5-2-6-12-23/h2-16,19,28H,17-18,20-22H2,1H3. The lowest BCUT2D eigenvalue weighted by Crippen LogP contribution is -2.57. The molecule has 1 aromatic heterocycles. The third kappa shape index (κ3) is 5.94. The van der Waals surface area contributed by atoms with Crippen LogP contribution in [0.2, 0.25) is 0 Å². The van der Waals surface area contributed by atoms with E-state index in [2.05, 4.69) is 10.0 Å². The Morgan fingerprint density at radius 3 is 2.12 bits per heavy atom. The van der Waals surface area contributed by atoms with Gasteiger partial charge in [-0.25, -0.2) is 0 Å². The summed E-state index contributed by atoms with van der Waals surface area (Å²) in [6.45, 7) is 0.771. The summed E-state index contributed by atoms with van der Waals surface area (Å²) in [5.74, 6) is -0.434. The van der Waals surface area contributed by atoms with Crippen molar-refractivity contribution in [3.05, 3.63) is 146 Å². The van der Waals surface area contributed by atoms with E-state index < -0.39 is 5.43 Å². The van der Waals surface area contributed by atoms with Gasteiger partial charge in [0.2, 0.25) is 5.43 Å². The molecule has 4 aromatic rings. The second kappa shape index (κ2) is 12.9. The van der Waals surface area contributed by atoms with Crippen LogP contribution in [0.3, 0.4) is 0 Å². The highest BCUT2D eigenvalue weighted by Crippen LogP contribution is 2.33. The summed E-state index contributed by atoms with van der Waals surface area (Å²) in [6.07, 6.45) is 0. The third-order valence-electron chi connectivity index (χ3n) is 6.90. The van der Waals surface area contributed by atoms with Gasteiger partial charge in [0.1, 0.15) is 13.3 Å². The van der Waals surface area contributed by atoms with Crippen LogP contribution < -0.4 is 15.2 Å². The van der Waals surface area contributed by atoms with E-state index in [1.54, 1.807) is 16.7 Å². The maximum atomic E-state index is 14.1. The molecule has 208 valence electrons. The lowest BCUT2D eigenvalue weighted by Gasteiger charge is -2.45. The van der Waals surface area contributed by atoms with E-state index in [1.807, 2.05) is 96.0 Å². The molecule has 1 aliphatic heterocycles. The van der Waals surface area contributed by atoms with E-state index in [-0.39, 0.29) is 43.2 Å². The number of methoxy groups -OCH3 is 1. The van der Waals surface area contributed by atoms with E-state index >= 15 is 0 Å². The quantitative estimate of drug-likeness (QED) is 0.148. The molecule has 0 fully saturated rings. The van der Waals surface area contributed by atoms with Gasteiger partial charge in [0, 0.05) is 24.6 Å². The summed E-state index contributed by atoms with van der Waals surface area (Å²) in [5.41, 5.74) is 11.9. The summed E-state index contributed by atoms with van der Waals surface area (Å²) in [5, 5.41) is 5.76. The smallest absolute Gasteiger partial charge is 0.277 e. The minimum atomic E-state index is -0.465. The molecule has 10 heteroatoms. The third-order valence-corrected chi connectivity index (χ3v) is 6.90. The van der Waals surface area contributed by atoms with Crippen LogP contribution in [0.1, 0.15) is 38.9 Å². The summed E-state index contributed by atoms with van der Waals surface area (Å²) in [4.78, 5) is 32.1. The maximum absolute atomic E-state index is 14.1. The van der Waals surface area contributed by atoms with Crippen LogP contribution in [0.25, 0.3) is 10.4 Å². The number of aromatic nitrogens is 1. The van der Waals surface area contributed by atoms with Gasteiger partial charge in [-0.3, -0.25) is 19.3 Å². The average molecular weight is 551 g/mol. The van der Waals surface area contributed by atoms with Gasteiger partial charge in [0.25, 0.3) is 5.91 Å². The van der Waals surface area contributed by atoms with Gasteiger partial charge in [0.15, 0.2) is 11.4 Å². The van der Waals surface area contributed by atoms with Crippen molar-refractivity contribution in [1.29, 1.82) is 0 Å². The molecular weight excluding hydrogens is 520 g/mol. The molecular formula is C31H30N6O4. The lowest BCUT2D eigenvalue weighted by molar-refractivity contribution is 0.0609. The zero-order valence-corrected chi connectivity index (χ0v) is 22.7. The fourth-order valence-electron chi connectivity index (χ4n) is 5.03. The van der Waals surface area contributed by atoms with Gasteiger partial charge in [0.05, 0.1) is 24.9 Å². The predicted octanol–water partition coefficient (Wildman–Crippen LogP) is 5.02. The molecule has 1 aliphatic rings. The number of hydrogen-bond acceptors (Lipinski definition) is 6. The minimum absolute atomic E-state index is 0.0597. The maximum Gasteiger partial charge on any atom is 0.277 e. The highest BCUT2D eigenvalue weighted by Gasteiger charge is 2.38. The van der Waals surface area contributed by atoms with E-state index in [1.165, 1.54) is 6.07 Å². The van der Waals surface area contributed by atoms with Crippen molar-refractivity contribution >= 4 is 5.91 Å². The molecule has 5 rings (SSSR count). The van der Waals surface area contributed by atoms with Crippen LogP contribution in [-0.2, 0) is 17.9 Å². The second-order valence-corrected chi connectivity index (χ2v) is 9.52. The summed E-state index contributed by atoms with van der Waals surface area (Å²) in [7, 11) is 1.58. The Kier molecular flexibility index (Phi) is 8.64. The van der Waals surface area contributed by atoms with Gasteiger partial charge >= 0.3 is 0 Å². The number of carbonyl (C=O) groups excluding carboxylic acids is 1. The van der Waals surface area contributed by atoms with Gasteiger partial charge in [-0.15, -0.1) is 0 Å². The van der Waals surface area contributed by atoms with Crippen molar-refractivity contribution < 1.29 is 14.3 Å². The highest BCUT2D eigenvalue weighted by atomic mass is 16.5. The van der Waals surface area contributed by atoms with Gasteiger partial charge in [-0.1, -0.05) is 96.1 Å². The number of nitrogens with zero attached hydrogens (tertiary/aromatic N) is 6. The number of fused-ring (bicyclic) bond motifs is 1. The zero-order chi connectivity index (χ0) is 28.6. The average Bonchev–Trinajstić information content (AvgIpc) is 3.01.